The van der Waals surface area contributed by atoms with Gasteiger partial charge in [0.25, 0.3) is 5.95 Å². The number of anilines is 1. The Kier molecular flexibility index (Phi) is 7.87. The summed E-state index contributed by atoms with van der Waals surface area (Å²) in [6.07, 6.45) is 3.33. The maximum atomic E-state index is 13.0. The quantitative estimate of drug-likeness (QED) is 0.413. The van der Waals surface area contributed by atoms with Crippen LogP contribution < -0.4 is 4.90 Å². The third kappa shape index (κ3) is 6.75. The molecule has 0 bridgehead atoms. The van der Waals surface area contributed by atoms with Gasteiger partial charge in [0.05, 0.1) is 18.1 Å². The lowest BCUT2D eigenvalue weighted by molar-refractivity contribution is -0.156. The molecule has 4 rings (SSSR count). The first-order valence-corrected chi connectivity index (χ1v) is 12.5. The number of hydrogen-bond donors (Lipinski definition) is 1. The maximum Gasteiger partial charge on any atom is 0.416 e. The molecule has 0 spiro atoms. The molecule has 11 heteroatoms. The van der Waals surface area contributed by atoms with E-state index in [1.54, 1.807) is 6.08 Å². The predicted molar refractivity (Wildman–Crippen MR) is 132 cm³/mol. The molecule has 2 aromatic rings. The molecule has 1 N–H and O–H groups in total. The number of aromatic nitrogens is 2. The first kappa shape index (κ1) is 27.7. The SMILES string of the molecule is CC1(CCN(Cc2ccc(C(F)(F)F)cc2)c2noc(C3CCOC3)n2)C=CC(OC(C)(C)C(=O)O)=CC1. The van der Waals surface area contributed by atoms with Gasteiger partial charge in [-0.05, 0) is 73.5 Å². The number of carboxylic acids is 1. The van der Waals surface area contributed by atoms with Crippen LogP contribution in [0, 0.1) is 5.41 Å². The molecule has 1 aliphatic carbocycles. The summed E-state index contributed by atoms with van der Waals surface area (Å²) in [6.45, 7) is 7.01. The molecule has 1 saturated heterocycles. The van der Waals surface area contributed by atoms with Crippen LogP contribution in [-0.2, 0) is 27.0 Å². The van der Waals surface area contributed by atoms with Gasteiger partial charge in [-0.25, -0.2) is 4.79 Å². The zero-order valence-electron chi connectivity index (χ0n) is 21.6. The third-order valence-corrected chi connectivity index (χ3v) is 6.91. The van der Waals surface area contributed by atoms with Crippen molar-refractivity contribution >= 4 is 11.9 Å². The van der Waals surface area contributed by atoms with Gasteiger partial charge in [-0.3, -0.25) is 0 Å². The minimum absolute atomic E-state index is 0.0292. The molecule has 1 fully saturated rings. The first-order chi connectivity index (χ1) is 17.8. The number of allylic oxidation sites excluding steroid dienone is 3. The molecule has 1 aromatic heterocycles. The second-order valence-electron chi connectivity index (χ2n) is 10.6. The van der Waals surface area contributed by atoms with E-state index in [1.807, 2.05) is 17.1 Å². The fourth-order valence-corrected chi connectivity index (χ4v) is 4.26. The molecule has 206 valence electrons. The van der Waals surface area contributed by atoms with E-state index in [1.165, 1.54) is 26.0 Å². The number of rotatable bonds is 10. The van der Waals surface area contributed by atoms with Crippen molar-refractivity contribution in [3.63, 3.8) is 0 Å². The van der Waals surface area contributed by atoms with Gasteiger partial charge in [-0.15, -0.1) is 0 Å². The van der Waals surface area contributed by atoms with Gasteiger partial charge < -0.3 is 24.0 Å². The van der Waals surface area contributed by atoms with Gasteiger partial charge >= 0.3 is 12.1 Å². The van der Waals surface area contributed by atoms with Crippen molar-refractivity contribution in [3.8, 4) is 0 Å². The van der Waals surface area contributed by atoms with Crippen molar-refractivity contribution in [3.05, 3.63) is 65.3 Å². The van der Waals surface area contributed by atoms with Gasteiger partial charge in [-0.1, -0.05) is 25.1 Å². The Hall–Kier alpha value is -3.34. The summed E-state index contributed by atoms with van der Waals surface area (Å²) < 4.78 is 55.6. The molecule has 2 unspecified atom stereocenters. The van der Waals surface area contributed by atoms with Crippen LogP contribution in [0.25, 0.3) is 0 Å². The number of ether oxygens (including phenoxy) is 2. The summed E-state index contributed by atoms with van der Waals surface area (Å²) in [5.74, 6) is 0.338. The van der Waals surface area contributed by atoms with Crippen molar-refractivity contribution in [1.29, 1.82) is 0 Å². The average molecular weight is 536 g/mol. The topological polar surface area (TPSA) is 97.9 Å². The van der Waals surface area contributed by atoms with Crippen molar-refractivity contribution in [2.24, 2.45) is 5.41 Å². The van der Waals surface area contributed by atoms with Crippen LogP contribution in [0.1, 0.15) is 63.0 Å². The zero-order chi connectivity index (χ0) is 27.6. The molecular formula is C27H32F3N3O5. The Morgan fingerprint density at radius 1 is 1.26 bits per heavy atom. The van der Waals surface area contributed by atoms with Crippen molar-refractivity contribution in [2.75, 3.05) is 24.7 Å². The highest BCUT2D eigenvalue weighted by atomic mass is 19.4. The summed E-state index contributed by atoms with van der Waals surface area (Å²) in [7, 11) is 0. The van der Waals surface area contributed by atoms with Gasteiger partial charge in [-0.2, -0.15) is 18.2 Å². The fraction of sp³-hybridized carbons (Fsp3) is 0.519. The van der Waals surface area contributed by atoms with E-state index in [-0.39, 0.29) is 11.3 Å². The molecule has 0 radical (unpaired) electrons. The second-order valence-corrected chi connectivity index (χ2v) is 10.6. The van der Waals surface area contributed by atoms with Gasteiger partial charge in [0.1, 0.15) is 5.76 Å². The van der Waals surface area contributed by atoms with E-state index in [4.69, 9.17) is 14.0 Å². The minimum Gasteiger partial charge on any atom is -0.478 e. The first-order valence-electron chi connectivity index (χ1n) is 12.5. The summed E-state index contributed by atoms with van der Waals surface area (Å²) >= 11 is 0. The lowest BCUT2D eigenvalue weighted by Crippen LogP contribution is -2.35. The lowest BCUT2D eigenvalue weighted by Gasteiger charge is -2.32. The Balaban J connectivity index is 1.47. The lowest BCUT2D eigenvalue weighted by atomic mass is 9.80. The van der Waals surface area contributed by atoms with Crippen molar-refractivity contribution in [1.82, 2.24) is 10.1 Å². The largest absolute Gasteiger partial charge is 0.478 e. The van der Waals surface area contributed by atoms with Gasteiger partial charge in [0, 0.05) is 19.7 Å². The molecule has 0 saturated carbocycles. The molecule has 8 nitrogen and oxygen atoms in total. The van der Waals surface area contributed by atoms with Crippen LogP contribution >= 0.6 is 0 Å². The molecule has 2 aliphatic rings. The van der Waals surface area contributed by atoms with E-state index in [9.17, 15) is 23.1 Å². The molecule has 1 aliphatic heterocycles. The van der Waals surface area contributed by atoms with Gasteiger partial charge in [0.15, 0.2) is 5.60 Å². The van der Waals surface area contributed by atoms with Gasteiger partial charge in [0.2, 0.25) is 5.89 Å². The third-order valence-electron chi connectivity index (χ3n) is 6.91. The summed E-state index contributed by atoms with van der Waals surface area (Å²) in [5.41, 5.74) is -1.62. The molecule has 38 heavy (non-hydrogen) atoms. The number of aliphatic carboxylic acids is 1. The minimum atomic E-state index is -4.40. The number of carbonyl (C=O) groups is 1. The average Bonchev–Trinajstić information content (AvgIpc) is 3.55. The summed E-state index contributed by atoms with van der Waals surface area (Å²) in [4.78, 5) is 17.9. The van der Waals surface area contributed by atoms with Crippen molar-refractivity contribution < 1.29 is 37.1 Å². The summed E-state index contributed by atoms with van der Waals surface area (Å²) in [5, 5.41) is 13.5. The smallest absolute Gasteiger partial charge is 0.416 e. The van der Waals surface area contributed by atoms with Crippen LogP contribution in [0.3, 0.4) is 0 Å². The zero-order valence-corrected chi connectivity index (χ0v) is 21.6. The van der Waals surface area contributed by atoms with E-state index >= 15 is 0 Å². The Bertz CT molecular complexity index is 1180. The number of benzene rings is 1. The second kappa shape index (κ2) is 10.8. The molecule has 2 atom stereocenters. The monoisotopic (exact) mass is 535 g/mol. The van der Waals surface area contributed by atoms with E-state index in [2.05, 4.69) is 17.1 Å². The number of hydrogen-bond acceptors (Lipinski definition) is 7. The van der Waals surface area contributed by atoms with E-state index in [0.29, 0.717) is 62.3 Å². The fourth-order valence-electron chi connectivity index (χ4n) is 4.26. The van der Waals surface area contributed by atoms with Crippen LogP contribution in [0.2, 0.25) is 0 Å². The Morgan fingerprint density at radius 3 is 2.58 bits per heavy atom. The highest BCUT2D eigenvalue weighted by Crippen LogP contribution is 2.36. The molecule has 1 aromatic carbocycles. The number of nitrogens with zero attached hydrogens (tertiary/aromatic N) is 3. The highest BCUT2D eigenvalue weighted by Gasteiger charge is 2.33. The maximum absolute atomic E-state index is 13.0. The Morgan fingerprint density at radius 2 is 2.00 bits per heavy atom. The molecular weight excluding hydrogens is 503 g/mol. The van der Waals surface area contributed by atoms with E-state index in [0.717, 1.165) is 18.6 Å². The number of halogens is 3. The standard InChI is InChI=1S/C27H32F3N3O5/c1-25(2,23(34)35)37-21-8-11-26(3,12-9-21)13-14-33(16-18-4-6-20(7-5-18)27(28,29)30)24-31-22(38-32-24)19-10-15-36-17-19/h4-9,11,19H,10,12-17H2,1-3H3,(H,34,35). The molecule has 0 amide bonds. The van der Waals surface area contributed by atoms with Crippen LogP contribution in [0.15, 0.2) is 52.8 Å². The van der Waals surface area contributed by atoms with Crippen LogP contribution in [-0.4, -0.2) is 46.6 Å². The van der Waals surface area contributed by atoms with Crippen molar-refractivity contribution in [2.45, 2.75) is 64.3 Å². The van der Waals surface area contributed by atoms with Crippen LogP contribution in [0.5, 0.6) is 0 Å². The van der Waals surface area contributed by atoms with Crippen LogP contribution in [0.4, 0.5) is 19.1 Å². The molecule has 2 heterocycles. The highest BCUT2D eigenvalue weighted by molar-refractivity contribution is 5.76. The number of alkyl halides is 3. The predicted octanol–water partition coefficient (Wildman–Crippen LogP) is 5.72. The summed E-state index contributed by atoms with van der Waals surface area (Å²) in [6, 6.07) is 5.06. The Labute approximate surface area is 219 Å². The normalized spacial score (nSPS) is 21.8. The number of carboxylic acid groups (broad SMARTS) is 1. The van der Waals surface area contributed by atoms with E-state index < -0.39 is 23.3 Å².